The number of hydrogen-bond donors (Lipinski definition) is 1. The fourth-order valence-corrected chi connectivity index (χ4v) is 6.27. The second kappa shape index (κ2) is 14.7. The molecule has 3 saturated heterocycles. The summed E-state index contributed by atoms with van der Waals surface area (Å²) in [7, 11) is 0. The number of nitrogens with zero attached hydrogens (tertiary/aromatic N) is 8. The van der Waals surface area contributed by atoms with Crippen LogP contribution in [0.4, 0.5) is 27.8 Å². The maximum atomic E-state index is 14.2. The van der Waals surface area contributed by atoms with E-state index in [1.807, 2.05) is 39.0 Å². The number of nitrogen functional groups attached to an aromatic ring is 1. The van der Waals surface area contributed by atoms with Crippen LogP contribution in [0.5, 0.6) is 5.75 Å². The van der Waals surface area contributed by atoms with E-state index in [2.05, 4.69) is 24.8 Å². The number of ether oxygens (including phenoxy) is 5. The van der Waals surface area contributed by atoms with E-state index >= 15 is 0 Å². The first kappa shape index (κ1) is 33.9. The lowest BCUT2D eigenvalue weighted by Gasteiger charge is -2.43. The molecule has 1 unspecified atom stereocenters. The van der Waals surface area contributed by atoms with E-state index in [4.69, 9.17) is 34.4 Å². The number of benzene rings is 1. The van der Waals surface area contributed by atoms with Gasteiger partial charge in [0.25, 0.3) is 0 Å². The van der Waals surface area contributed by atoms with Crippen molar-refractivity contribution < 1.29 is 28.5 Å². The monoisotopic (exact) mass is 687 g/mol. The third-order valence-electron chi connectivity index (χ3n) is 8.84. The molecule has 3 aliphatic rings. The number of imidazole rings is 1. The topological polar surface area (TPSA) is 155 Å². The number of hydrogen-bond acceptors (Lipinski definition) is 13. The molecule has 1 amide bonds. The van der Waals surface area contributed by atoms with E-state index in [9.17, 15) is 4.79 Å². The lowest BCUT2D eigenvalue weighted by Crippen LogP contribution is -2.56. The first-order valence-corrected chi connectivity index (χ1v) is 17.2. The van der Waals surface area contributed by atoms with Gasteiger partial charge in [-0.25, -0.2) is 24.6 Å². The second-order valence-corrected chi connectivity index (χ2v) is 13.6. The van der Waals surface area contributed by atoms with Crippen LogP contribution in [0.3, 0.4) is 0 Å². The van der Waals surface area contributed by atoms with Gasteiger partial charge in [-0.15, -0.1) is 0 Å². The Morgan fingerprint density at radius 1 is 1.06 bits per heavy atom. The van der Waals surface area contributed by atoms with E-state index in [-0.39, 0.29) is 17.9 Å². The van der Waals surface area contributed by atoms with E-state index in [1.165, 1.54) is 11.1 Å². The molecule has 0 spiro atoms. The van der Waals surface area contributed by atoms with Gasteiger partial charge in [0.2, 0.25) is 0 Å². The summed E-state index contributed by atoms with van der Waals surface area (Å²) in [5.74, 6) is 1.11. The van der Waals surface area contributed by atoms with Crippen molar-refractivity contribution in [2.75, 3.05) is 74.7 Å². The number of carbonyl (C=O) groups excluding carboxylic acids is 1. The van der Waals surface area contributed by atoms with Gasteiger partial charge in [0.1, 0.15) is 35.2 Å². The van der Waals surface area contributed by atoms with Crippen LogP contribution < -0.4 is 20.3 Å². The number of rotatable bonds is 10. The summed E-state index contributed by atoms with van der Waals surface area (Å²) in [4.78, 5) is 38.5. The van der Waals surface area contributed by atoms with E-state index in [0.717, 1.165) is 64.3 Å². The molecule has 0 saturated carbocycles. The van der Waals surface area contributed by atoms with Gasteiger partial charge in [-0.3, -0.25) is 9.88 Å². The van der Waals surface area contributed by atoms with Crippen LogP contribution in [0.15, 0.2) is 49.2 Å². The van der Waals surface area contributed by atoms with Crippen molar-refractivity contribution in [2.24, 2.45) is 0 Å². The number of aromatic nitrogens is 5. The van der Waals surface area contributed by atoms with Gasteiger partial charge in [0.05, 0.1) is 49.6 Å². The van der Waals surface area contributed by atoms with Crippen molar-refractivity contribution in [1.82, 2.24) is 29.2 Å². The average molecular weight is 688 g/mol. The molecule has 3 aromatic heterocycles. The van der Waals surface area contributed by atoms with Crippen LogP contribution in [0, 0.1) is 0 Å². The largest absolute Gasteiger partial charge is 0.489 e. The molecule has 0 radical (unpaired) electrons. The minimum absolute atomic E-state index is 0.218. The summed E-state index contributed by atoms with van der Waals surface area (Å²) < 4.78 is 31.4. The SMILES string of the molecule is CC(C)(C)OC(=O)N(c1ccc(N2CCN(C3COC3)CC2)c(OCCOC2CCCCO2)c1)c1nc(-c2cncc(N)n2)cn2ccnc12. The highest BCUT2D eigenvalue weighted by Gasteiger charge is 2.32. The quantitative estimate of drug-likeness (QED) is 0.236. The third-order valence-corrected chi connectivity index (χ3v) is 8.84. The molecular weight excluding hydrogens is 642 g/mol. The average Bonchev–Trinajstić information content (AvgIpc) is 3.56. The van der Waals surface area contributed by atoms with Crippen LogP contribution in [0.2, 0.25) is 0 Å². The molecule has 50 heavy (non-hydrogen) atoms. The molecule has 15 nitrogen and oxygen atoms in total. The lowest BCUT2D eigenvalue weighted by molar-refractivity contribution is -0.165. The molecule has 3 aliphatic heterocycles. The van der Waals surface area contributed by atoms with Crippen molar-refractivity contribution in [3.63, 3.8) is 0 Å². The summed E-state index contributed by atoms with van der Waals surface area (Å²) >= 11 is 0. The third kappa shape index (κ3) is 7.75. The van der Waals surface area contributed by atoms with Crippen LogP contribution in [-0.2, 0) is 18.9 Å². The number of anilines is 4. The van der Waals surface area contributed by atoms with Crippen LogP contribution in [0.25, 0.3) is 17.0 Å². The molecule has 6 heterocycles. The zero-order chi connectivity index (χ0) is 34.7. The zero-order valence-corrected chi connectivity index (χ0v) is 28.9. The number of nitrogens with two attached hydrogens (primary N) is 1. The standard InChI is InChI=1S/C35H45N9O6/c1-35(2,3)50-34(45)44(33-32-38-9-10-43(32)21-27(40-33)26-19-37-20-30(36)39-26)24-7-8-28(42-13-11-41(12-14-42)25-22-46-23-25)29(18-24)47-16-17-49-31-6-4-5-15-48-31/h7-10,18-21,25,31H,4-6,11-17,22-23H2,1-3H3,(H2,36,39). The van der Waals surface area contributed by atoms with Gasteiger partial charge in [-0.05, 0) is 52.2 Å². The van der Waals surface area contributed by atoms with E-state index < -0.39 is 11.7 Å². The minimum Gasteiger partial charge on any atom is -0.489 e. The Hall–Kier alpha value is -4.57. The Balaban J connectivity index is 1.25. The number of fused-ring (bicyclic) bond motifs is 1. The van der Waals surface area contributed by atoms with E-state index in [1.54, 1.807) is 29.2 Å². The van der Waals surface area contributed by atoms with Gasteiger partial charge in [0.15, 0.2) is 17.8 Å². The zero-order valence-electron chi connectivity index (χ0n) is 28.9. The molecule has 1 aromatic carbocycles. The Labute approximate surface area is 291 Å². The summed E-state index contributed by atoms with van der Waals surface area (Å²) in [6, 6.07) is 6.22. The number of amides is 1. The van der Waals surface area contributed by atoms with Crippen molar-refractivity contribution in [2.45, 2.75) is 58.0 Å². The van der Waals surface area contributed by atoms with Crippen molar-refractivity contribution in [1.29, 1.82) is 0 Å². The maximum Gasteiger partial charge on any atom is 0.420 e. The Morgan fingerprint density at radius 3 is 2.62 bits per heavy atom. The minimum atomic E-state index is -0.791. The van der Waals surface area contributed by atoms with Crippen LogP contribution >= 0.6 is 0 Å². The summed E-state index contributed by atoms with van der Waals surface area (Å²) in [6.45, 7) is 11.9. The van der Waals surface area contributed by atoms with Crippen molar-refractivity contribution in [3.8, 4) is 17.1 Å². The first-order chi connectivity index (χ1) is 24.2. The van der Waals surface area contributed by atoms with Gasteiger partial charge >= 0.3 is 6.09 Å². The van der Waals surface area contributed by atoms with Gasteiger partial charge in [0, 0.05) is 57.4 Å². The number of carbonyl (C=O) groups is 1. The van der Waals surface area contributed by atoms with Gasteiger partial charge in [-0.1, -0.05) is 0 Å². The smallest absolute Gasteiger partial charge is 0.420 e. The molecule has 4 aromatic rings. The highest BCUT2D eigenvalue weighted by molar-refractivity contribution is 5.99. The predicted octanol–water partition coefficient (Wildman–Crippen LogP) is 4.28. The summed E-state index contributed by atoms with van der Waals surface area (Å²) in [6.07, 6.45) is 10.4. The molecular formula is C35H45N9O6. The fraction of sp³-hybridized carbons (Fsp3) is 0.514. The molecule has 0 bridgehead atoms. The summed E-state index contributed by atoms with van der Waals surface area (Å²) in [5.41, 5.74) is 7.93. The van der Waals surface area contributed by atoms with Crippen LogP contribution in [0.1, 0.15) is 40.0 Å². The van der Waals surface area contributed by atoms with Crippen molar-refractivity contribution in [3.05, 3.63) is 49.2 Å². The molecule has 2 N–H and O–H groups in total. The highest BCUT2D eigenvalue weighted by Crippen LogP contribution is 2.38. The molecule has 7 rings (SSSR count). The second-order valence-electron chi connectivity index (χ2n) is 13.6. The Bertz CT molecular complexity index is 1780. The first-order valence-electron chi connectivity index (χ1n) is 17.2. The van der Waals surface area contributed by atoms with Crippen molar-refractivity contribution >= 4 is 34.8 Å². The molecule has 266 valence electrons. The Kier molecular flexibility index (Phi) is 9.99. The number of piperazine rings is 1. The lowest BCUT2D eigenvalue weighted by atomic mass is 10.1. The molecule has 3 fully saturated rings. The highest BCUT2D eigenvalue weighted by atomic mass is 16.7. The Morgan fingerprint density at radius 2 is 1.90 bits per heavy atom. The normalized spacial score (nSPS) is 18.9. The maximum absolute atomic E-state index is 14.2. The predicted molar refractivity (Wildman–Crippen MR) is 187 cm³/mol. The fourth-order valence-electron chi connectivity index (χ4n) is 6.27. The molecule has 1 atom stereocenters. The summed E-state index contributed by atoms with van der Waals surface area (Å²) in [5, 5.41) is 0. The van der Waals surface area contributed by atoms with Crippen LogP contribution in [-0.4, -0.2) is 112 Å². The molecule has 15 heteroatoms. The molecule has 0 aliphatic carbocycles. The van der Waals surface area contributed by atoms with Gasteiger partial charge in [-0.2, -0.15) is 0 Å². The van der Waals surface area contributed by atoms with E-state index in [0.29, 0.717) is 54.3 Å². The van der Waals surface area contributed by atoms with Gasteiger partial charge < -0.3 is 38.7 Å².